The van der Waals surface area contributed by atoms with Gasteiger partial charge in [-0.25, -0.2) is 14.8 Å². The van der Waals surface area contributed by atoms with Gasteiger partial charge in [-0.05, 0) is 53.9 Å². The second-order valence-corrected chi connectivity index (χ2v) is 10.9. The van der Waals surface area contributed by atoms with Gasteiger partial charge in [0.2, 0.25) is 5.91 Å². The number of ether oxygens (including phenoxy) is 1. The lowest BCUT2D eigenvalue weighted by Gasteiger charge is -2.44. The average molecular weight is 485 g/mol. The highest BCUT2D eigenvalue weighted by atomic mass is 16.6. The van der Waals surface area contributed by atoms with E-state index in [1.807, 2.05) is 45.4 Å². The van der Waals surface area contributed by atoms with Crippen LogP contribution in [0.15, 0.2) is 12.5 Å². The van der Waals surface area contributed by atoms with E-state index in [9.17, 15) is 14.4 Å². The fraction of sp³-hybridized carbons (Fsp3) is 0.640. The number of fused-ring (bicyclic) bond motifs is 1. The number of hydrogen-bond donors (Lipinski definition) is 1. The summed E-state index contributed by atoms with van der Waals surface area (Å²) < 4.78 is 7.62. The van der Waals surface area contributed by atoms with Crippen LogP contribution in [0.2, 0.25) is 0 Å². The first-order chi connectivity index (χ1) is 16.5. The monoisotopic (exact) mass is 484 g/mol. The highest BCUT2D eigenvalue weighted by Gasteiger charge is 2.37. The summed E-state index contributed by atoms with van der Waals surface area (Å²) in [4.78, 5) is 49.7. The number of rotatable bonds is 4. The summed E-state index contributed by atoms with van der Waals surface area (Å²) in [6.07, 6.45) is 7.09. The minimum absolute atomic E-state index is 0.0422. The van der Waals surface area contributed by atoms with Crippen molar-refractivity contribution in [1.29, 1.82) is 0 Å². The van der Waals surface area contributed by atoms with Gasteiger partial charge < -0.3 is 24.8 Å². The van der Waals surface area contributed by atoms with Gasteiger partial charge >= 0.3 is 6.09 Å². The number of anilines is 1. The molecule has 1 saturated heterocycles. The van der Waals surface area contributed by atoms with E-state index in [0.717, 1.165) is 25.5 Å². The number of nitrogens with two attached hydrogens (primary N) is 1. The Morgan fingerprint density at radius 1 is 1.14 bits per heavy atom. The van der Waals surface area contributed by atoms with Crippen LogP contribution in [0, 0.1) is 5.92 Å². The molecule has 3 heterocycles. The lowest BCUT2D eigenvalue weighted by atomic mass is 9.85. The van der Waals surface area contributed by atoms with Crippen molar-refractivity contribution in [1.82, 2.24) is 19.4 Å². The normalized spacial score (nSPS) is 25.5. The Hall–Kier alpha value is -3.17. The minimum Gasteiger partial charge on any atom is -0.444 e. The van der Waals surface area contributed by atoms with E-state index in [2.05, 4.69) is 14.9 Å². The number of aldehydes is 1. The van der Waals surface area contributed by atoms with E-state index in [1.54, 1.807) is 4.90 Å². The van der Waals surface area contributed by atoms with Crippen molar-refractivity contribution in [3.63, 3.8) is 0 Å². The molecule has 2 aliphatic rings. The number of piperazine rings is 1. The zero-order chi connectivity index (χ0) is 25.5. The maximum atomic E-state index is 12.8. The molecule has 0 bridgehead atoms. The van der Waals surface area contributed by atoms with Crippen molar-refractivity contribution in [3.8, 4) is 0 Å². The molecule has 10 nitrogen and oxygen atoms in total. The number of primary amides is 1. The van der Waals surface area contributed by atoms with Crippen LogP contribution in [0.4, 0.5) is 10.6 Å². The average Bonchev–Trinajstić information content (AvgIpc) is 3.18. The fourth-order valence-electron chi connectivity index (χ4n) is 5.35. The largest absolute Gasteiger partial charge is 0.444 e. The molecule has 0 radical (unpaired) electrons. The van der Waals surface area contributed by atoms with Gasteiger partial charge in [0.25, 0.3) is 0 Å². The molecule has 35 heavy (non-hydrogen) atoms. The van der Waals surface area contributed by atoms with Crippen molar-refractivity contribution < 1.29 is 19.1 Å². The number of hydrogen-bond acceptors (Lipinski definition) is 7. The van der Waals surface area contributed by atoms with Crippen LogP contribution >= 0.6 is 0 Å². The number of nitrogens with zero attached hydrogens (tertiary/aromatic N) is 5. The molecule has 2 unspecified atom stereocenters. The van der Waals surface area contributed by atoms with E-state index >= 15 is 0 Å². The van der Waals surface area contributed by atoms with E-state index in [0.29, 0.717) is 41.9 Å². The van der Waals surface area contributed by atoms with E-state index in [-0.39, 0.29) is 36.0 Å². The molecule has 1 aliphatic heterocycles. The first-order valence-corrected chi connectivity index (χ1v) is 12.4. The van der Waals surface area contributed by atoms with Crippen LogP contribution < -0.4 is 10.6 Å². The van der Waals surface area contributed by atoms with Gasteiger partial charge in [-0.1, -0.05) is 6.42 Å². The third-order valence-corrected chi connectivity index (χ3v) is 7.07. The molecule has 2 fully saturated rings. The van der Waals surface area contributed by atoms with Crippen LogP contribution in [0.1, 0.15) is 76.7 Å². The third-order valence-electron chi connectivity index (χ3n) is 7.07. The van der Waals surface area contributed by atoms with Gasteiger partial charge in [0, 0.05) is 48.9 Å². The zero-order valence-electron chi connectivity index (χ0n) is 21.2. The molecule has 0 aromatic carbocycles. The maximum absolute atomic E-state index is 12.8. The van der Waals surface area contributed by atoms with Crippen LogP contribution in [-0.4, -0.2) is 68.5 Å². The number of carbonyl (C=O) groups is 3. The van der Waals surface area contributed by atoms with E-state index < -0.39 is 5.60 Å². The standard InChI is InChI=1S/C25H36N6O4/c1-15-11-30(24(34)35-25(3,4)5)16(2)10-29(15)22-20-18(13-32)12-31(23(20)28-14-27-22)19-8-6-7-17(9-19)21(26)33/h12-17,19H,6-11H2,1-5H3,(H2,26,33)/t15-,16+,17?,19?/m0/s1. The topological polar surface area (TPSA) is 124 Å². The molecule has 190 valence electrons. The van der Waals surface area contributed by atoms with Gasteiger partial charge in [-0.15, -0.1) is 0 Å². The van der Waals surface area contributed by atoms with E-state index in [1.165, 1.54) is 6.33 Å². The smallest absolute Gasteiger partial charge is 0.410 e. The van der Waals surface area contributed by atoms with Crippen LogP contribution in [0.25, 0.3) is 11.0 Å². The zero-order valence-corrected chi connectivity index (χ0v) is 21.2. The van der Waals surface area contributed by atoms with Crippen LogP contribution in [-0.2, 0) is 9.53 Å². The highest BCUT2D eigenvalue weighted by molar-refractivity contribution is 6.02. The molecule has 0 spiro atoms. The molecule has 2 amide bonds. The predicted molar refractivity (Wildman–Crippen MR) is 132 cm³/mol. The van der Waals surface area contributed by atoms with Gasteiger partial charge in [0.15, 0.2) is 6.29 Å². The highest BCUT2D eigenvalue weighted by Crippen LogP contribution is 2.38. The molecule has 4 atom stereocenters. The molecule has 2 aromatic heterocycles. The summed E-state index contributed by atoms with van der Waals surface area (Å²) in [5.74, 6) is 0.234. The summed E-state index contributed by atoms with van der Waals surface area (Å²) in [6.45, 7) is 10.6. The Balaban J connectivity index is 1.66. The van der Waals surface area contributed by atoms with Crippen molar-refractivity contribution in [2.75, 3.05) is 18.0 Å². The van der Waals surface area contributed by atoms with Crippen LogP contribution in [0.3, 0.4) is 0 Å². The second kappa shape index (κ2) is 9.47. The number of aromatic nitrogens is 3. The molecule has 2 aromatic rings. The Morgan fingerprint density at radius 2 is 1.89 bits per heavy atom. The Labute approximate surface area is 205 Å². The summed E-state index contributed by atoms with van der Waals surface area (Å²) in [7, 11) is 0. The van der Waals surface area contributed by atoms with E-state index in [4.69, 9.17) is 10.5 Å². The third kappa shape index (κ3) is 4.97. The van der Waals surface area contributed by atoms with Gasteiger partial charge in [-0.2, -0.15) is 0 Å². The second-order valence-electron chi connectivity index (χ2n) is 10.9. The number of carbonyl (C=O) groups excluding carboxylic acids is 3. The predicted octanol–water partition coefficient (Wildman–Crippen LogP) is 3.29. The van der Waals surface area contributed by atoms with Gasteiger partial charge in [0.05, 0.1) is 5.39 Å². The molecule has 2 N–H and O–H groups in total. The van der Waals surface area contributed by atoms with Gasteiger partial charge in [-0.3, -0.25) is 9.59 Å². The first kappa shape index (κ1) is 24.9. The summed E-state index contributed by atoms with van der Waals surface area (Å²) in [5, 5.41) is 0.702. The van der Waals surface area contributed by atoms with Crippen molar-refractivity contribution in [2.24, 2.45) is 11.7 Å². The Bertz CT molecular complexity index is 1120. The summed E-state index contributed by atoms with van der Waals surface area (Å²) >= 11 is 0. The minimum atomic E-state index is -0.565. The SMILES string of the molecule is C[C@@H]1CN(c2ncnc3c2c(C=O)cn3C2CCCC(C(N)=O)C2)[C@@H](C)CN1C(=O)OC(C)(C)C. The Morgan fingerprint density at radius 3 is 2.54 bits per heavy atom. The fourth-order valence-corrected chi connectivity index (χ4v) is 5.35. The van der Waals surface area contributed by atoms with Crippen molar-refractivity contribution in [2.45, 2.75) is 84.0 Å². The lowest BCUT2D eigenvalue weighted by molar-refractivity contribution is -0.123. The number of amides is 2. The molecule has 1 aliphatic carbocycles. The van der Waals surface area contributed by atoms with Crippen LogP contribution in [0.5, 0.6) is 0 Å². The molecule has 4 rings (SSSR count). The molecule has 10 heteroatoms. The quantitative estimate of drug-likeness (QED) is 0.660. The van der Waals surface area contributed by atoms with Crippen molar-refractivity contribution >= 4 is 35.1 Å². The Kier molecular flexibility index (Phi) is 6.75. The first-order valence-electron chi connectivity index (χ1n) is 12.4. The molecular formula is C25H36N6O4. The van der Waals surface area contributed by atoms with Gasteiger partial charge in [0.1, 0.15) is 23.4 Å². The summed E-state index contributed by atoms with van der Waals surface area (Å²) in [6, 6.07) is -0.114. The molecular weight excluding hydrogens is 448 g/mol. The summed E-state index contributed by atoms with van der Waals surface area (Å²) in [5.41, 5.74) is 6.23. The molecule has 1 saturated carbocycles. The maximum Gasteiger partial charge on any atom is 0.410 e. The lowest BCUT2D eigenvalue weighted by Crippen LogP contribution is -2.59. The van der Waals surface area contributed by atoms with Crippen molar-refractivity contribution in [3.05, 3.63) is 18.1 Å².